The maximum atomic E-state index is 12.2. The number of hydrogen-bond donors (Lipinski definition) is 1. The van der Waals surface area contributed by atoms with E-state index in [4.69, 9.17) is 4.74 Å². The van der Waals surface area contributed by atoms with Crippen LogP contribution in [0, 0.1) is 5.92 Å². The first-order valence-electron chi connectivity index (χ1n) is 8.75. The Morgan fingerprint density at radius 1 is 1.39 bits per heavy atom. The number of pyridine rings is 1. The number of urea groups is 1. The zero-order valence-corrected chi connectivity index (χ0v) is 14.1. The molecule has 2 amide bonds. The smallest absolute Gasteiger partial charge is 0.317 e. The van der Waals surface area contributed by atoms with Gasteiger partial charge in [-0.3, -0.25) is 0 Å². The Labute approximate surface area is 138 Å². The summed E-state index contributed by atoms with van der Waals surface area (Å²) in [6, 6.07) is 4.16. The monoisotopic (exact) mass is 317 g/mol. The second kappa shape index (κ2) is 7.20. The molecule has 2 aliphatic rings. The lowest BCUT2D eigenvalue weighted by Gasteiger charge is -2.25. The highest BCUT2D eigenvalue weighted by Gasteiger charge is 2.32. The van der Waals surface area contributed by atoms with Crippen molar-refractivity contribution in [2.24, 2.45) is 5.92 Å². The van der Waals surface area contributed by atoms with Crippen molar-refractivity contribution in [3.05, 3.63) is 23.9 Å². The number of amides is 2. The second-order valence-corrected chi connectivity index (χ2v) is 6.87. The van der Waals surface area contributed by atoms with Gasteiger partial charge in [0.2, 0.25) is 5.88 Å². The van der Waals surface area contributed by atoms with E-state index >= 15 is 0 Å². The van der Waals surface area contributed by atoms with Crippen LogP contribution < -0.4 is 10.1 Å². The molecule has 2 saturated carbocycles. The first-order chi connectivity index (χ1) is 11.1. The molecule has 5 heteroatoms. The molecule has 1 unspecified atom stereocenters. The van der Waals surface area contributed by atoms with E-state index in [-0.39, 0.29) is 6.03 Å². The third-order valence-electron chi connectivity index (χ3n) is 5.07. The molecule has 126 valence electrons. The lowest BCUT2D eigenvalue weighted by atomic mass is 10.2. The maximum absolute atomic E-state index is 12.2. The van der Waals surface area contributed by atoms with Crippen LogP contribution in [0.5, 0.6) is 5.88 Å². The third-order valence-corrected chi connectivity index (χ3v) is 5.07. The van der Waals surface area contributed by atoms with E-state index in [1.165, 1.54) is 25.7 Å². The van der Waals surface area contributed by atoms with Crippen molar-refractivity contribution in [2.75, 3.05) is 7.05 Å². The van der Waals surface area contributed by atoms with Crippen molar-refractivity contribution in [1.29, 1.82) is 0 Å². The fourth-order valence-electron chi connectivity index (χ4n) is 3.18. The fraction of sp³-hybridized carbons (Fsp3) is 0.667. The number of carbonyl (C=O) groups excluding carboxylic acids is 1. The van der Waals surface area contributed by atoms with Crippen LogP contribution in [-0.4, -0.2) is 35.1 Å². The van der Waals surface area contributed by atoms with Gasteiger partial charge in [0.05, 0.1) is 0 Å². The number of carbonyl (C=O) groups is 1. The summed E-state index contributed by atoms with van der Waals surface area (Å²) in [5.41, 5.74) is 1.02. The van der Waals surface area contributed by atoms with Gasteiger partial charge in [-0.15, -0.1) is 0 Å². The minimum Gasteiger partial charge on any atom is -0.474 e. The minimum absolute atomic E-state index is 0.0144. The van der Waals surface area contributed by atoms with Gasteiger partial charge >= 0.3 is 6.03 Å². The summed E-state index contributed by atoms with van der Waals surface area (Å²) >= 11 is 0. The average Bonchev–Trinajstić information content (AvgIpc) is 3.29. The van der Waals surface area contributed by atoms with Crippen molar-refractivity contribution in [2.45, 2.75) is 64.1 Å². The van der Waals surface area contributed by atoms with Crippen LogP contribution in [0.25, 0.3) is 0 Å². The van der Waals surface area contributed by atoms with Crippen LogP contribution in [-0.2, 0) is 6.54 Å². The molecule has 1 heterocycles. The first-order valence-corrected chi connectivity index (χ1v) is 8.75. The lowest BCUT2D eigenvalue weighted by molar-refractivity contribution is 0.187. The molecule has 0 bridgehead atoms. The second-order valence-electron chi connectivity index (χ2n) is 6.87. The van der Waals surface area contributed by atoms with Crippen molar-refractivity contribution in [3.8, 4) is 5.88 Å². The Morgan fingerprint density at radius 3 is 2.83 bits per heavy atom. The minimum atomic E-state index is -0.0144. The summed E-state index contributed by atoms with van der Waals surface area (Å²) in [5.74, 6) is 1.35. The molecule has 2 fully saturated rings. The molecular formula is C18H27N3O2. The normalized spacial score (nSPS) is 19.4. The fourth-order valence-corrected chi connectivity index (χ4v) is 3.18. The Balaban J connectivity index is 1.50. The van der Waals surface area contributed by atoms with Gasteiger partial charge in [0, 0.05) is 31.9 Å². The Hall–Kier alpha value is -1.78. The van der Waals surface area contributed by atoms with Crippen LogP contribution in [0.1, 0.15) is 51.0 Å². The van der Waals surface area contributed by atoms with E-state index in [1.807, 2.05) is 24.1 Å². The molecule has 0 radical (unpaired) electrons. The van der Waals surface area contributed by atoms with Crippen molar-refractivity contribution in [1.82, 2.24) is 15.2 Å². The maximum Gasteiger partial charge on any atom is 0.317 e. The van der Waals surface area contributed by atoms with E-state index in [0.29, 0.717) is 30.5 Å². The van der Waals surface area contributed by atoms with Gasteiger partial charge in [0.15, 0.2) is 0 Å². The van der Waals surface area contributed by atoms with Gasteiger partial charge in [-0.1, -0.05) is 0 Å². The van der Waals surface area contributed by atoms with Crippen LogP contribution >= 0.6 is 0 Å². The lowest BCUT2D eigenvalue weighted by Crippen LogP contribution is -2.43. The van der Waals surface area contributed by atoms with Crippen LogP contribution in [0.4, 0.5) is 4.79 Å². The van der Waals surface area contributed by atoms with Gasteiger partial charge in [-0.2, -0.15) is 0 Å². The summed E-state index contributed by atoms with van der Waals surface area (Å²) in [4.78, 5) is 18.3. The number of rotatable bonds is 6. The van der Waals surface area contributed by atoms with Crippen molar-refractivity contribution < 1.29 is 9.53 Å². The predicted octanol–water partition coefficient (Wildman–Crippen LogP) is 3.34. The van der Waals surface area contributed by atoms with Crippen LogP contribution in [0.2, 0.25) is 0 Å². The Morgan fingerprint density at radius 2 is 2.13 bits per heavy atom. The highest BCUT2D eigenvalue weighted by Crippen LogP contribution is 2.34. The molecule has 1 atom stereocenters. The van der Waals surface area contributed by atoms with E-state index in [0.717, 1.165) is 18.4 Å². The number of hydrogen-bond acceptors (Lipinski definition) is 3. The molecule has 5 nitrogen and oxygen atoms in total. The van der Waals surface area contributed by atoms with Crippen molar-refractivity contribution in [3.63, 3.8) is 0 Å². The number of ether oxygens (including phenoxy) is 1. The summed E-state index contributed by atoms with van der Waals surface area (Å²) < 4.78 is 5.91. The number of nitrogens with one attached hydrogen (secondary N) is 1. The standard InChI is InChI=1S/C18H27N3O2/c1-13(15-7-8-15)21(2)18(22)20-12-14-9-10-19-17(11-14)23-16-5-3-4-6-16/h9-11,13,15-16H,3-8,12H2,1-2H3,(H,20,22). The molecule has 0 aliphatic heterocycles. The van der Waals surface area contributed by atoms with Gasteiger partial charge in [0.25, 0.3) is 0 Å². The molecular weight excluding hydrogens is 290 g/mol. The molecule has 0 aromatic carbocycles. The zero-order valence-electron chi connectivity index (χ0n) is 14.1. The Bertz CT molecular complexity index is 539. The zero-order chi connectivity index (χ0) is 16.2. The van der Waals surface area contributed by atoms with E-state index in [2.05, 4.69) is 17.2 Å². The summed E-state index contributed by atoms with van der Waals surface area (Å²) in [7, 11) is 1.87. The Kier molecular flexibility index (Phi) is 5.03. The SMILES string of the molecule is CC(C1CC1)N(C)C(=O)NCc1ccnc(OC2CCCC2)c1. The quantitative estimate of drug-likeness (QED) is 0.875. The van der Waals surface area contributed by atoms with Gasteiger partial charge < -0.3 is 15.0 Å². The van der Waals surface area contributed by atoms with Crippen LogP contribution in [0.3, 0.4) is 0 Å². The summed E-state index contributed by atoms with van der Waals surface area (Å²) in [5, 5.41) is 2.99. The summed E-state index contributed by atoms with van der Waals surface area (Å²) in [6.45, 7) is 2.63. The summed E-state index contributed by atoms with van der Waals surface area (Å²) in [6.07, 6.45) is 9.26. The highest BCUT2D eigenvalue weighted by atomic mass is 16.5. The highest BCUT2D eigenvalue weighted by molar-refractivity contribution is 5.74. The molecule has 23 heavy (non-hydrogen) atoms. The third kappa shape index (κ3) is 4.36. The largest absolute Gasteiger partial charge is 0.474 e. The number of aromatic nitrogens is 1. The molecule has 1 aromatic heterocycles. The topological polar surface area (TPSA) is 54.5 Å². The molecule has 0 saturated heterocycles. The molecule has 2 aliphatic carbocycles. The van der Waals surface area contributed by atoms with E-state index in [1.54, 1.807) is 6.20 Å². The van der Waals surface area contributed by atoms with Gasteiger partial charge in [-0.25, -0.2) is 9.78 Å². The average molecular weight is 317 g/mol. The predicted molar refractivity (Wildman–Crippen MR) is 89.3 cm³/mol. The van der Waals surface area contributed by atoms with E-state index < -0.39 is 0 Å². The van der Waals surface area contributed by atoms with Gasteiger partial charge in [0.1, 0.15) is 6.10 Å². The molecule has 1 aromatic rings. The molecule has 0 spiro atoms. The molecule has 3 rings (SSSR count). The van der Waals surface area contributed by atoms with Crippen molar-refractivity contribution >= 4 is 6.03 Å². The number of nitrogens with zero attached hydrogens (tertiary/aromatic N) is 2. The molecule has 1 N–H and O–H groups in total. The van der Waals surface area contributed by atoms with E-state index in [9.17, 15) is 4.79 Å². The van der Waals surface area contributed by atoms with Crippen LogP contribution in [0.15, 0.2) is 18.3 Å². The first kappa shape index (κ1) is 16.1. The van der Waals surface area contributed by atoms with Gasteiger partial charge in [-0.05, 0) is 63.0 Å².